The third-order valence-electron chi connectivity index (χ3n) is 6.09. The number of aromatic amines is 1. The number of fused-ring (bicyclic) bond motifs is 3. The van der Waals surface area contributed by atoms with Crippen molar-refractivity contribution in [1.29, 1.82) is 0 Å². The van der Waals surface area contributed by atoms with E-state index in [2.05, 4.69) is 23.2 Å². The number of ether oxygens (including phenoxy) is 1. The second kappa shape index (κ2) is 8.31. The number of aromatic nitrogens is 1. The molecule has 1 unspecified atom stereocenters. The van der Waals surface area contributed by atoms with Crippen LogP contribution in [0.1, 0.15) is 22.9 Å². The maximum Gasteiger partial charge on any atom is 0.244 e. The molecule has 0 spiro atoms. The molecule has 1 N–H and O–H groups in total. The molecular weight excluding hydrogens is 440 g/mol. The molecule has 164 valence electrons. The molecule has 0 bridgehead atoms. The highest BCUT2D eigenvalue weighted by Gasteiger charge is 2.39. The van der Waals surface area contributed by atoms with E-state index >= 15 is 0 Å². The number of sulfonamides is 1. The Morgan fingerprint density at radius 1 is 1.00 bits per heavy atom. The molecule has 0 fully saturated rings. The third kappa shape index (κ3) is 3.50. The van der Waals surface area contributed by atoms with Crippen LogP contribution in [0.25, 0.3) is 10.9 Å². The minimum absolute atomic E-state index is 0.267. The summed E-state index contributed by atoms with van der Waals surface area (Å²) in [6, 6.07) is 22.5. The van der Waals surface area contributed by atoms with Crippen molar-refractivity contribution in [1.82, 2.24) is 9.29 Å². The van der Waals surface area contributed by atoms with Crippen LogP contribution >= 0.6 is 11.8 Å². The highest BCUT2D eigenvalue weighted by molar-refractivity contribution is 7.98. The molecule has 4 aromatic rings. The predicted molar refractivity (Wildman–Crippen MR) is 129 cm³/mol. The average Bonchev–Trinajstić information content (AvgIpc) is 3.22. The smallest absolute Gasteiger partial charge is 0.244 e. The van der Waals surface area contributed by atoms with E-state index in [-0.39, 0.29) is 4.90 Å². The maximum atomic E-state index is 13.8. The Morgan fingerprint density at radius 2 is 1.72 bits per heavy atom. The highest BCUT2D eigenvalue weighted by atomic mass is 32.2. The molecule has 5 rings (SSSR count). The van der Waals surface area contributed by atoms with Gasteiger partial charge >= 0.3 is 0 Å². The lowest BCUT2D eigenvalue weighted by molar-refractivity contribution is 0.340. The molecule has 2 heterocycles. The van der Waals surface area contributed by atoms with Gasteiger partial charge in [0.25, 0.3) is 0 Å². The van der Waals surface area contributed by atoms with Gasteiger partial charge in [0, 0.05) is 28.0 Å². The number of H-pyrrole nitrogens is 1. The summed E-state index contributed by atoms with van der Waals surface area (Å²) < 4.78 is 34.4. The number of para-hydroxylation sites is 1. The van der Waals surface area contributed by atoms with Gasteiger partial charge in [-0.2, -0.15) is 4.31 Å². The van der Waals surface area contributed by atoms with Gasteiger partial charge in [-0.15, -0.1) is 11.8 Å². The van der Waals surface area contributed by atoms with Crippen LogP contribution in [0.15, 0.2) is 82.6 Å². The fraction of sp³-hybridized carbons (Fsp3) is 0.200. The van der Waals surface area contributed by atoms with Gasteiger partial charge in [0.2, 0.25) is 10.0 Å². The van der Waals surface area contributed by atoms with E-state index in [0.717, 1.165) is 27.1 Å². The van der Waals surface area contributed by atoms with Crippen molar-refractivity contribution in [3.63, 3.8) is 0 Å². The Bertz CT molecular complexity index is 1360. The van der Waals surface area contributed by atoms with Crippen molar-refractivity contribution in [2.45, 2.75) is 22.3 Å². The minimum atomic E-state index is -3.73. The molecule has 3 aromatic carbocycles. The van der Waals surface area contributed by atoms with Gasteiger partial charge in [0.1, 0.15) is 5.75 Å². The molecule has 0 saturated carbocycles. The molecule has 32 heavy (non-hydrogen) atoms. The fourth-order valence-electron chi connectivity index (χ4n) is 4.48. The van der Waals surface area contributed by atoms with E-state index in [4.69, 9.17) is 4.74 Å². The Balaban J connectivity index is 1.67. The summed E-state index contributed by atoms with van der Waals surface area (Å²) in [6.45, 7) is 0.415. The molecule has 0 radical (unpaired) electrons. The number of hydrogen-bond acceptors (Lipinski definition) is 4. The molecule has 0 saturated heterocycles. The van der Waals surface area contributed by atoms with Crippen LogP contribution in [0.2, 0.25) is 0 Å². The van der Waals surface area contributed by atoms with Crippen LogP contribution in [-0.4, -0.2) is 37.6 Å². The first-order chi connectivity index (χ1) is 15.5. The molecule has 5 nitrogen and oxygen atoms in total. The van der Waals surface area contributed by atoms with Crippen LogP contribution in [0.3, 0.4) is 0 Å². The Labute approximate surface area is 192 Å². The van der Waals surface area contributed by atoms with E-state index < -0.39 is 16.1 Å². The summed E-state index contributed by atoms with van der Waals surface area (Å²) in [4.78, 5) is 4.95. The Kier molecular flexibility index (Phi) is 5.49. The standard InChI is InChI=1S/C25H24N2O3S2/c1-30-18-9-13-20(14-10-18)32(28,29)27-16-15-22-21-5-3-4-6-23(21)26-24(22)25(27)17-7-11-19(31-2)12-8-17/h3-14,25-26H,15-16H2,1-2H3. The monoisotopic (exact) mass is 464 g/mol. The van der Waals surface area contributed by atoms with Gasteiger partial charge in [0.15, 0.2) is 0 Å². The molecule has 1 atom stereocenters. The Morgan fingerprint density at radius 3 is 2.41 bits per heavy atom. The minimum Gasteiger partial charge on any atom is -0.497 e. The quantitative estimate of drug-likeness (QED) is 0.411. The van der Waals surface area contributed by atoms with Gasteiger partial charge < -0.3 is 9.72 Å². The molecule has 1 aliphatic rings. The maximum absolute atomic E-state index is 13.8. The number of nitrogens with one attached hydrogen (secondary N) is 1. The molecule has 1 aromatic heterocycles. The number of rotatable bonds is 5. The molecule has 0 aliphatic carbocycles. The van der Waals surface area contributed by atoms with Crippen LogP contribution < -0.4 is 4.74 Å². The lowest BCUT2D eigenvalue weighted by Crippen LogP contribution is -2.40. The van der Waals surface area contributed by atoms with Crippen molar-refractivity contribution in [3.8, 4) is 5.75 Å². The Hall–Kier alpha value is -2.74. The van der Waals surface area contributed by atoms with Gasteiger partial charge in [-0.3, -0.25) is 0 Å². The zero-order chi connectivity index (χ0) is 22.3. The predicted octanol–water partition coefficient (Wildman–Crippen LogP) is 5.23. The second-order valence-corrected chi connectivity index (χ2v) is 10.6. The number of methoxy groups -OCH3 is 1. The first kappa shape index (κ1) is 21.1. The normalized spacial score (nSPS) is 16.8. The van der Waals surface area contributed by atoms with Crippen LogP contribution in [0.5, 0.6) is 5.75 Å². The largest absolute Gasteiger partial charge is 0.497 e. The van der Waals surface area contributed by atoms with E-state index in [0.29, 0.717) is 18.7 Å². The molecule has 1 aliphatic heterocycles. The SMILES string of the molecule is COc1ccc(S(=O)(=O)N2CCc3c([nH]c4ccccc34)C2c2ccc(SC)cc2)cc1. The van der Waals surface area contributed by atoms with Crippen molar-refractivity contribution in [2.24, 2.45) is 0 Å². The highest BCUT2D eigenvalue weighted by Crippen LogP contribution is 2.41. The number of hydrogen-bond donors (Lipinski definition) is 1. The number of benzene rings is 3. The average molecular weight is 465 g/mol. The molecular formula is C25H24N2O3S2. The van der Waals surface area contributed by atoms with Crippen LogP contribution in [0.4, 0.5) is 0 Å². The van der Waals surface area contributed by atoms with Gasteiger partial charge in [-0.25, -0.2) is 8.42 Å². The third-order valence-corrected chi connectivity index (χ3v) is 8.71. The van der Waals surface area contributed by atoms with Crippen molar-refractivity contribution < 1.29 is 13.2 Å². The lowest BCUT2D eigenvalue weighted by Gasteiger charge is -2.35. The van der Waals surface area contributed by atoms with E-state index in [9.17, 15) is 8.42 Å². The fourth-order valence-corrected chi connectivity index (χ4v) is 6.48. The summed E-state index contributed by atoms with van der Waals surface area (Å²) >= 11 is 1.67. The van der Waals surface area contributed by atoms with Crippen LogP contribution in [-0.2, 0) is 16.4 Å². The van der Waals surface area contributed by atoms with Crippen molar-refractivity contribution >= 4 is 32.7 Å². The summed E-state index contributed by atoms with van der Waals surface area (Å²) in [6.07, 6.45) is 2.69. The summed E-state index contributed by atoms with van der Waals surface area (Å²) in [5.41, 5.74) is 4.13. The topological polar surface area (TPSA) is 62.4 Å². The van der Waals surface area contributed by atoms with Gasteiger partial charge in [-0.1, -0.05) is 30.3 Å². The van der Waals surface area contributed by atoms with Gasteiger partial charge in [0.05, 0.1) is 18.0 Å². The lowest BCUT2D eigenvalue weighted by atomic mass is 9.94. The zero-order valence-corrected chi connectivity index (χ0v) is 19.5. The number of thioether (sulfide) groups is 1. The summed E-state index contributed by atoms with van der Waals surface area (Å²) in [7, 11) is -2.16. The van der Waals surface area contributed by atoms with Gasteiger partial charge in [-0.05, 0) is 66.3 Å². The van der Waals surface area contributed by atoms with E-state index in [1.54, 1.807) is 47.4 Å². The first-order valence-corrected chi connectivity index (χ1v) is 13.1. The van der Waals surface area contributed by atoms with Crippen molar-refractivity contribution in [3.05, 3.63) is 89.6 Å². The zero-order valence-electron chi connectivity index (χ0n) is 17.9. The second-order valence-electron chi connectivity index (χ2n) is 7.78. The number of nitrogens with zero attached hydrogens (tertiary/aromatic N) is 1. The molecule has 0 amide bonds. The van der Waals surface area contributed by atoms with Crippen LogP contribution in [0, 0.1) is 0 Å². The first-order valence-electron chi connectivity index (χ1n) is 10.4. The van der Waals surface area contributed by atoms with E-state index in [1.807, 2.05) is 36.6 Å². The summed E-state index contributed by atoms with van der Waals surface area (Å²) in [5.74, 6) is 0.629. The summed E-state index contributed by atoms with van der Waals surface area (Å²) in [5, 5.41) is 1.16. The van der Waals surface area contributed by atoms with Crippen molar-refractivity contribution in [2.75, 3.05) is 19.9 Å². The van der Waals surface area contributed by atoms with E-state index in [1.165, 1.54) is 5.56 Å². The molecule has 7 heteroatoms.